The van der Waals surface area contributed by atoms with Gasteiger partial charge in [-0.1, -0.05) is 73.0 Å². The van der Waals surface area contributed by atoms with E-state index in [-0.39, 0.29) is 23.4 Å². The molecular formula is C32H40ClN3O4S. The molecule has 0 saturated heterocycles. The summed E-state index contributed by atoms with van der Waals surface area (Å²) in [5.74, 6) is -0.749. The Labute approximate surface area is 249 Å². The highest BCUT2D eigenvalue weighted by Crippen LogP contribution is 2.29. The number of amides is 2. The SMILES string of the molecule is CCC(C)NC(=O)C(CC)N(Cc1cccc(C)c1)C(=O)CN(c1ccc(Cl)cc1C)S(=O)(=O)c1ccc(C)cc1. The van der Waals surface area contributed by atoms with Gasteiger partial charge in [-0.15, -0.1) is 0 Å². The Kier molecular flexibility index (Phi) is 11.0. The average molecular weight is 598 g/mol. The fourth-order valence-corrected chi connectivity index (χ4v) is 6.32. The van der Waals surface area contributed by atoms with Crippen molar-refractivity contribution in [1.29, 1.82) is 0 Å². The van der Waals surface area contributed by atoms with Crippen LogP contribution in [0.2, 0.25) is 5.02 Å². The zero-order valence-corrected chi connectivity index (χ0v) is 26.2. The van der Waals surface area contributed by atoms with Gasteiger partial charge in [0, 0.05) is 17.6 Å². The number of sulfonamides is 1. The summed E-state index contributed by atoms with van der Waals surface area (Å²) in [5, 5.41) is 3.45. The fourth-order valence-electron chi connectivity index (χ4n) is 4.62. The van der Waals surface area contributed by atoms with Crippen molar-refractivity contribution < 1.29 is 18.0 Å². The lowest BCUT2D eigenvalue weighted by molar-refractivity contribution is -0.140. The van der Waals surface area contributed by atoms with Crippen LogP contribution in [-0.4, -0.2) is 43.8 Å². The summed E-state index contributed by atoms with van der Waals surface area (Å²) in [6.07, 6.45) is 1.11. The van der Waals surface area contributed by atoms with Gasteiger partial charge in [0.05, 0.1) is 10.6 Å². The predicted molar refractivity (Wildman–Crippen MR) is 166 cm³/mol. The zero-order valence-electron chi connectivity index (χ0n) is 24.6. The van der Waals surface area contributed by atoms with Gasteiger partial charge >= 0.3 is 0 Å². The minimum Gasteiger partial charge on any atom is -0.352 e. The van der Waals surface area contributed by atoms with Crippen molar-refractivity contribution in [2.24, 2.45) is 0 Å². The summed E-state index contributed by atoms with van der Waals surface area (Å²) in [4.78, 5) is 29.2. The van der Waals surface area contributed by atoms with Gasteiger partial charge in [0.15, 0.2) is 0 Å². The number of carbonyl (C=O) groups excluding carboxylic acids is 2. The van der Waals surface area contributed by atoms with Gasteiger partial charge in [0.2, 0.25) is 11.8 Å². The molecule has 3 aromatic carbocycles. The van der Waals surface area contributed by atoms with Crippen LogP contribution in [0.1, 0.15) is 55.9 Å². The van der Waals surface area contributed by atoms with Crippen molar-refractivity contribution >= 4 is 39.1 Å². The largest absolute Gasteiger partial charge is 0.352 e. The maximum Gasteiger partial charge on any atom is 0.264 e. The topological polar surface area (TPSA) is 86.8 Å². The molecule has 2 unspecified atom stereocenters. The zero-order chi connectivity index (χ0) is 30.3. The number of carbonyl (C=O) groups is 2. The molecule has 0 heterocycles. The van der Waals surface area contributed by atoms with Crippen LogP contribution < -0.4 is 9.62 Å². The van der Waals surface area contributed by atoms with Crippen molar-refractivity contribution in [3.8, 4) is 0 Å². The fraction of sp³-hybridized carbons (Fsp3) is 0.375. The van der Waals surface area contributed by atoms with E-state index < -0.39 is 28.5 Å². The lowest BCUT2D eigenvalue weighted by atomic mass is 10.1. The average Bonchev–Trinajstić information content (AvgIpc) is 2.92. The monoisotopic (exact) mass is 597 g/mol. The minimum absolute atomic E-state index is 0.0667. The Hall–Kier alpha value is -3.36. The molecule has 1 N–H and O–H groups in total. The molecule has 0 bridgehead atoms. The lowest BCUT2D eigenvalue weighted by Crippen LogP contribution is -2.53. The Morgan fingerprint density at radius 3 is 2.17 bits per heavy atom. The van der Waals surface area contributed by atoms with Gasteiger partial charge in [-0.3, -0.25) is 13.9 Å². The summed E-state index contributed by atoms with van der Waals surface area (Å²) < 4.78 is 29.2. The third kappa shape index (κ3) is 8.11. The molecule has 3 rings (SSSR count). The number of nitrogens with one attached hydrogen (secondary N) is 1. The number of hydrogen-bond acceptors (Lipinski definition) is 4. The predicted octanol–water partition coefficient (Wildman–Crippen LogP) is 6.18. The van der Waals surface area contributed by atoms with Gasteiger partial charge < -0.3 is 10.2 Å². The molecule has 0 aliphatic heterocycles. The van der Waals surface area contributed by atoms with E-state index in [0.29, 0.717) is 22.7 Å². The molecule has 9 heteroatoms. The highest BCUT2D eigenvalue weighted by molar-refractivity contribution is 7.92. The van der Waals surface area contributed by atoms with Crippen LogP contribution in [0.3, 0.4) is 0 Å². The quantitative estimate of drug-likeness (QED) is 0.270. The van der Waals surface area contributed by atoms with Crippen LogP contribution in [0.15, 0.2) is 71.6 Å². The van der Waals surface area contributed by atoms with Crippen molar-refractivity contribution in [2.45, 2.75) is 77.9 Å². The van der Waals surface area contributed by atoms with Crippen molar-refractivity contribution in [2.75, 3.05) is 10.8 Å². The first kappa shape index (κ1) is 32.2. The molecule has 220 valence electrons. The molecule has 0 fully saturated rings. The number of aryl methyl sites for hydroxylation is 3. The molecule has 2 atom stereocenters. The van der Waals surface area contributed by atoms with E-state index in [4.69, 9.17) is 11.6 Å². The van der Waals surface area contributed by atoms with Crippen LogP contribution in [0.25, 0.3) is 0 Å². The molecule has 0 saturated carbocycles. The maximum absolute atomic E-state index is 14.2. The Morgan fingerprint density at radius 2 is 1.59 bits per heavy atom. The third-order valence-corrected chi connectivity index (χ3v) is 9.15. The summed E-state index contributed by atoms with van der Waals surface area (Å²) >= 11 is 6.19. The molecule has 2 amide bonds. The molecule has 0 spiro atoms. The highest BCUT2D eigenvalue weighted by atomic mass is 35.5. The normalized spacial score (nSPS) is 12.9. The van der Waals surface area contributed by atoms with Gasteiger partial charge in [0.25, 0.3) is 10.0 Å². The van der Waals surface area contributed by atoms with Crippen LogP contribution in [0.4, 0.5) is 5.69 Å². The second-order valence-electron chi connectivity index (χ2n) is 10.5. The van der Waals surface area contributed by atoms with E-state index >= 15 is 0 Å². The lowest BCUT2D eigenvalue weighted by Gasteiger charge is -2.34. The van der Waals surface area contributed by atoms with Crippen LogP contribution in [0, 0.1) is 20.8 Å². The second-order valence-corrected chi connectivity index (χ2v) is 12.8. The summed E-state index contributed by atoms with van der Waals surface area (Å²) in [6, 6.07) is 18.3. The van der Waals surface area contributed by atoms with E-state index in [1.807, 2.05) is 58.9 Å². The van der Waals surface area contributed by atoms with Crippen LogP contribution >= 0.6 is 11.6 Å². The summed E-state index contributed by atoms with van der Waals surface area (Å²) in [5.41, 5.74) is 3.73. The van der Waals surface area contributed by atoms with E-state index in [2.05, 4.69) is 5.32 Å². The van der Waals surface area contributed by atoms with E-state index in [9.17, 15) is 18.0 Å². The molecule has 41 heavy (non-hydrogen) atoms. The number of anilines is 1. The van der Waals surface area contributed by atoms with Crippen molar-refractivity contribution in [3.05, 3.63) is 94.0 Å². The van der Waals surface area contributed by atoms with Gasteiger partial charge in [0.1, 0.15) is 12.6 Å². The number of benzene rings is 3. The minimum atomic E-state index is -4.15. The van der Waals surface area contributed by atoms with Crippen molar-refractivity contribution in [3.63, 3.8) is 0 Å². The van der Waals surface area contributed by atoms with Crippen molar-refractivity contribution in [1.82, 2.24) is 10.2 Å². The molecule has 0 aliphatic carbocycles. The molecular weight excluding hydrogens is 558 g/mol. The first-order chi connectivity index (χ1) is 19.4. The smallest absolute Gasteiger partial charge is 0.264 e. The molecule has 0 aromatic heterocycles. The van der Waals surface area contributed by atoms with E-state index in [1.165, 1.54) is 17.0 Å². The van der Waals surface area contributed by atoms with Gasteiger partial charge in [-0.05, 0) is 82.0 Å². The first-order valence-electron chi connectivity index (χ1n) is 13.9. The first-order valence-corrected chi connectivity index (χ1v) is 15.7. The third-order valence-electron chi connectivity index (χ3n) is 7.14. The van der Waals surface area contributed by atoms with Crippen LogP contribution in [-0.2, 0) is 26.2 Å². The summed E-state index contributed by atoms with van der Waals surface area (Å²) in [6.45, 7) is 11.0. The Balaban J connectivity index is 2.10. The molecule has 0 radical (unpaired) electrons. The number of hydrogen-bond donors (Lipinski definition) is 1. The van der Waals surface area contributed by atoms with Crippen LogP contribution in [0.5, 0.6) is 0 Å². The Bertz CT molecular complexity index is 1470. The molecule has 0 aliphatic rings. The van der Waals surface area contributed by atoms with E-state index in [1.54, 1.807) is 37.3 Å². The standard InChI is InChI=1S/C32H40ClN3O4S/c1-7-25(6)34-32(38)29(8-2)35(20-26-11-9-10-23(4)18-26)31(37)21-36(30-17-14-27(33)19-24(30)5)41(39,40)28-15-12-22(3)13-16-28/h9-19,25,29H,7-8,20-21H2,1-6H3,(H,34,38). The highest BCUT2D eigenvalue weighted by Gasteiger charge is 2.34. The molecule has 7 nitrogen and oxygen atoms in total. The Morgan fingerprint density at radius 1 is 0.902 bits per heavy atom. The number of rotatable bonds is 12. The summed E-state index contributed by atoms with van der Waals surface area (Å²) in [7, 11) is -4.15. The van der Waals surface area contributed by atoms with Gasteiger partial charge in [-0.25, -0.2) is 8.42 Å². The second kappa shape index (κ2) is 14.0. The maximum atomic E-state index is 14.2. The van der Waals surface area contributed by atoms with E-state index in [0.717, 1.165) is 27.4 Å². The number of nitrogens with zero attached hydrogens (tertiary/aromatic N) is 2. The van der Waals surface area contributed by atoms with Gasteiger partial charge in [-0.2, -0.15) is 0 Å². The number of halogens is 1. The molecule has 3 aromatic rings.